The van der Waals surface area contributed by atoms with Crippen LogP contribution in [-0.4, -0.2) is 20.7 Å². The summed E-state index contributed by atoms with van der Waals surface area (Å²) in [5.74, 6) is -0.0819. The van der Waals surface area contributed by atoms with Crippen molar-refractivity contribution in [3.05, 3.63) is 70.4 Å². The normalized spacial score (nSPS) is 12.3. The monoisotopic (exact) mass is 350 g/mol. The van der Waals surface area contributed by atoms with E-state index in [9.17, 15) is 9.59 Å². The molecule has 1 N–H and O–H groups in total. The van der Waals surface area contributed by atoms with Crippen LogP contribution in [0.2, 0.25) is 0 Å². The van der Waals surface area contributed by atoms with Crippen molar-refractivity contribution >= 4 is 16.7 Å². The molecule has 6 heteroatoms. The predicted molar refractivity (Wildman–Crippen MR) is 101 cm³/mol. The molecule has 1 amide bonds. The van der Waals surface area contributed by atoms with Gasteiger partial charge in [-0.25, -0.2) is 4.68 Å². The molecule has 3 rings (SSSR count). The van der Waals surface area contributed by atoms with Gasteiger partial charge >= 0.3 is 0 Å². The van der Waals surface area contributed by atoms with Crippen LogP contribution in [0.1, 0.15) is 43.0 Å². The zero-order valence-electron chi connectivity index (χ0n) is 15.1. The van der Waals surface area contributed by atoms with Crippen molar-refractivity contribution in [1.82, 2.24) is 20.1 Å². The number of carbonyl (C=O) groups is 1. The second kappa shape index (κ2) is 7.47. The first-order valence-corrected chi connectivity index (χ1v) is 8.69. The molecule has 1 atom stereocenters. The molecule has 0 bridgehead atoms. The molecular weight excluding hydrogens is 328 g/mol. The lowest BCUT2D eigenvalue weighted by molar-refractivity contribution is 0.0933. The lowest BCUT2D eigenvalue weighted by Gasteiger charge is -2.15. The highest BCUT2D eigenvalue weighted by molar-refractivity contribution is 6.04. The van der Waals surface area contributed by atoms with Gasteiger partial charge in [-0.15, -0.1) is 0 Å². The Morgan fingerprint density at radius 2 is 1.77 bits per heavy atom. The van der Waals surface area contributed by atoms with E-state index >= 15 is 0 Å². The minimum atomic E-state index is -0.322. The molecule has 2 aromatic heterocycles. The van der Waals surface area contributed by atoms with E-state index in [1.165, 1.54) is 4.68 Å². The molecule has 134 valence electrons. The SMILES string of the molecule is CC(C)Cn1nc(C(=O)NC(C)c2ccccn2)c2ccccc2c1=O. The highest BCUT2D eigenvalue weighted by atomic mass is 16.2. The topological polar surface area (TPSA) is 76.9 Å². The van der Waals surface area contributed by atoms with Crippen molar-refractivity contribution in [2.24, 2.45) is 5.92 Å². The van der Waals surface area contributed by atoms with Crippen molar-refractivity contribution in [3.63, 3.8) is 0 Å². The Balaban J connectivity index is 2.01. The van der Waals surface area contributed by atoms with Gasteiger partial charge < -0.3 is 5.32 Å². The largest absolute Gasteiger partial charge is 0.343 e. The quantitative estimate of drug-likeness (QED) is 0.767. The highest BCUT2D eigenvalue weighted by Crippen LogP contribution is 2.16. The number of rotatable bonds is 5. The van der Waals surface area contributed by atoms with Gasteiger partial charge in [-0.2, -0.15) is 5.10 Å². The second-order valence-electron chi connectivity index (χ2n) is 6.73. The van der Waals surface area contributed by atoms with Gasteiger partial charge in [0.1, 0.15) is 0 Å². The average molecular weight is 350 g/mol. The first-order valence-electron chi connectivity index (χ1n) is 8.69. The Morgan fingerprint density at radius 3 is 2.42 bits per heavy atom. The van der Waals surface area contributed by atoms with Gasteiger partial charge in [-0.3, -0.25) is 14.6 Å². The Morgan fingerprint density at radius 1 is 1.08 bits per heavy atom. The molecule has 1 aromatic carbocycles. The second-order valence-corrected chi connectivity index (χ2v) is 6.73. The Kier molecular flexibility index (Phi) is 5.11. The third-order valence-electron chi connectivity index (χ3n) is 4.10. The Labute approximate surface area is 151 Å². The summed E-state index contributed by atoms with van der Waals surface area (Å²) in [6.07, 6.45) is 1.69. The van der Waals surface area contributed by atoms with Crippen LogP contribution in [-0.2, 0) is 6.54 Å². The zero-order chi connectivity index (χ0) is 18.7. The summed E-state index contributed by atoms with van der Waals surface area (Å²) < 4.78 is 1.38. The van der Waals surface area contributed by atoms with E-state index in [1.807, 2.05) is 39.0 Å². The number of fused-ring (bicyclic) bond motifs is 1. The smallest absolute Gasteiger partial charge is 0.274 e. The fourth-order valence-electron chi connectivity index (χ4n) is 2.84. The lowest BCUT2D eigenvalue weighted by atomic mass is 10.1. The van der Waals surface area contributed by atoms with E-state index in [1.54, 1.807) is 30.5 Å². The molecular formula is C20H22N4O2. The maximum absolute atomic E-state index is 12.9. The van der Waals surface area contributed by atoms with Gasteiger partial charge in [0.2, 0.25) is 0 Å². The number of pyridine rings is 1. The third kappa shape index (κ3) is 3.64. The van der Waals surface area contributed by atoms with Crippen LogP contribution in [0.15, 0.2) is 53.5 Å². The van der Waals surface area contributed by atoms with Crippen molar-refractivity contribution in [1.29, 1.82) is 0 Å². The summed E-state index contributed by atoms with van der Waals surface area (Å²) in [4.78, 5) is 29.8. The van der Waals surface area contributed by atoms with Gasteiger partial charge in [-0.1, -0.05) is 38.1 Å². The van der Waals surface area contributed by atoms with Gasteiger partial charge in [0.15, 0.2) is 5.69 Å². The summed E-state index contributed by atoms with van der Waals surface area (Å²) in [5, 5.41) is 8.34. The number of aromatic nitrogens is 3. The van der Waals surface area contributed by atoms with E-state index < -0.39 is 0 Å². The van der Waals surface area contributed by atoms with Gasteiger partial charge in [0, 0.05) is 18.1 Å². The van der Waals surface area contributed by atoms with E-state index in [4.69, 9.17) is 0 Å². The summed E-state index contributed by atoms with van der Waals surface area (Å²) in [5.41, 5.74) is 0.841. The molecule has 0 aliphatic heterocycles. The zero-order valence-corrected chi connectivity index (χ0v) is 15.1. The minimum Gasteiger partial charge on any atom is -0.343 e. The van der Waals surface area contributed by atoms with Gasteiger partial charge in [0.25, 0.3) is 11.5 Å². The number of amides is 1. The highest BCUT2D eigenvalue weighted by Gasteiger charge is 2.19. The molecule has 0 aliphatic rings. The molecule has 0 radical (unpaired) electrons. The summed E-state index contributed by atoms with van der Waals surface area (Å²) >= 11 is 0. The van der Waals surface area contributed by atoms with E-state index in [0.717, 1.165) is 5.69 Å². The van der Waals surface area contributed by atoms with Crippen LogP contribution in [0.4, 0.5) is 0 Å². The predicted octanol–water partition coefficient (Wildman–Crippen LogP) is 2.94. The number of hydrogen-bond donors (Lipinski definition) is 1. The van der Waals surface area contributed by atoms with Crippen molar-refractivity contribution in [2.45, 2.75) is 33.4 Å². The molecule has 0 spiro atoms. The minimum absolute atomic E-state index is 0.177. The van der Waals surface area contributed by atoms with Crippen molar-refractivity contribution in [2.75, 3.05) is 0 Å². The van der Waals surface area contributed by atoms with Crippen LogP contribution in [0.5, 0.6) is 0 Å². The molecule has 2 heterocycles. The van der Waals surface area contributed by atoms with Crippen LogP contribution in [0, 0.1) is 5.92 Å². The fraction of sp³-hybridized carbons (Fsp3) is 0.300. The Hall–Kier alpha value is -3.02. The Bertz CT molecular complexity index is 980. The summed E-state index contributed by atoms with van der Waals surface area (Å²) in [7, 11) is 0. The van der Waals surface area contributed by atoms with Gasteiger partial charge in [-0.05, 0) is 31.0 Å². The molecule has 3 aromatic rings. The summed E-state index contributed by atoms with van der Waals surface area (Å²) in [6, 6.07) is 12.4. The molecule has 0 fully saturated rings. The van der Waals surface area contributed by atoms with E-state index in [-0.39, 0.29) is 29.1 Å². The number of hydrogen-bond acceptors (Lipinski definition) is 4. The van der Waals surface area contributed by atoms with Crippen LogP contribution in [0.3, 0.4) is 0 Å². The average Bonchev–Trinajstić information content (AvgIpc) is 2.64. The van der Waals surface area contributed by atoms with Crippen LogP contribution in [0.25, 0.3) is 10.8 Å². The molecule has 0 saturated heterocycles. The first-order chi connectivity index (χ1) is 12.5. The van der Waals surface area contributed by atoms with Gasteiger partial charge in [0.05, 0.1) is 17.1 Å². The van der Waals surface area contributed by atoms with Crippen molar-refractivity contribution in [3.8, 4) is 0 Å². The first kappa shape index (κ1) is 17.8. The van der Waals surface area contributed by atoms with Crippen LogP contribution < -0.4 is 10.9 Å². The van der Waals surface area contributed by atoms with E-state index in [0.29, 0.717) is 17.3 Å². The molecule has 26 heavy (non-hydrogen) atoms. The maximum Gasteiger partial charge on any atom is 0.274 e. The van der Waals surface area contributed by atoms with Crippen LogP contribution >= 0.6 is 0 Å². The maximum atomic E-state index is 12.9. The molecule has 1 unspecified atom stereocenters. The van der Waals surface area contributed by atoms with E-state index in [2.05, 4.69) is 15.4 Å². The van der Waals surface area contributed by atoms with Crippen molar-refractivity contribution < 1.29 is 4.79 Å². The number of nitrogens with one attached hydrogen (secondary N) is 1. The third-order valence-corrected chi connectivity index (χ3v) is 4.10. The fourth-order valence-corrected chi connectivity index (χ4v) is 2.84. The number of carbonyl (C=O) groups excluding carboxylic acids is 1. The number of nitrogens with zero attached hydrogens (tertiary/aromatic N) is 3. The molecule has 0 saturated carbocycles. The summed E-state index contributed by atoms with van der Waals surface area (Å²) in [6.45, 7) is 6.34. The standard InChI is InChI=1S/C20H22N4O2/c1-13(2)12-24-20(26)16-9-5-4-8-15(16)18(23-24)19(25)22-14(3)17-10-6-7-11-21-17/h4-11,13-14H,12H2,1-3H3,(H,22,25). The molecule has 6 nitrogen and oxygen atoms in total. The number of benzene rings is 1. The lowest BCUT2D eigenvalue weighted by Crippen LogP contribution is -2.33. The molecule has 0 aliphatic carbocycles.